The van der Waals surface area contributed by atoms with E-state index in [0.29, 0.717) is 27.8 Å². The van der Waals surface area contributed by atoms with Crippen molar-refractivity contribution in [2.24, 2.45) is 7.05 Å². The Bertz CT molecular complexity index is 1140. The van der Waals surface area contributed by atoms with Gasteiger partial charge in [0.05, 0.1) is 30.4 Å². The molecule has 0 aliphatic rings. The number of nitrogens with one attached hydrogen (secondary N) is 2. The van der Waals surface area contributed by atoms with Gasteiger partial charge in [-0.05, 0) is 25.1 Å². The second-order valence-corrected chi connectivity index (χ2v) is 7.10. The lowest BCUT2D eigenvalue weighted by Crippen LogP contribution is -2.11. The van der Waals surface area contributed by atoms with Gasteiger partial charge in [0, 0.05) is 18.5 Å². The van der Waals surface area contributed by atoms with E-state index in [1.165, 1.54) is 11.3 Å². The highest BCUT2D eigenvalue weighted by atomic mass is 32.1. The van der Waals surface area contributed by atoms with Gasteiger partial charge in [-0.15, -0.1) is 16.4 Å². The highest BCUT2D eigenvalue weighted by molar-refractivity contribution is 7.20. The van der Waals surface area contributed by atoms with Crippen molar-refractivity contribution in [1.82, 2.24) is 25.0 Å². The fourth-order valence-corrected chi connectivity index (χ4v) is 3.93. The van der Waals surface area contributed by atoms with Gasteiger partial charge in [0.25, 0.3) is 5.91 Å². The number of aryl methyl sites for hydroxylation is 2. The Morgan fingerprint density at radius 1 is 1.25 bits per heavy atom. The maximum absolute atomic E-state index is 12.6. The largest absolute Gasteiger partial charge is 0.497 e. The molecule has 0 aliphatic heterocycles. The summed E-state index contributed by atoms with van der Waals surface area (Å²) < 4.78 is 12.4. The third-order valence-electron chi connectivity index (χ3n) is 4.29. The van der Waals surface area contributed by atoms with Crippen molar-refractivity contribution < 1.29 is 14.3 Å². The van der Waals surface area contributed by atoms with E-state index in [-0.39, 0.29) is 11.9 Å². The molecule has 1 aromatic carbocycles. The molecule has 0 saturated carbocycles. The molecule has 0 aliphatic carbocycles. The number of H-pyrrole nitrogens is 1. The minimum atomic E-state index is -0.271. The summed E-state index contributed by atoms with van der Waals surface area (Å²) >= 11 is 1.37. The number of nitrogens with zero attached hydrogens (tertiary/aromatic N) is 4. The number of ether oxygens (including phenoxy) is 2. The van der Waals surface area contributed by atoms with Crippen LogP contribution in [0.25, 0.3) is 21.6 Å². The molecule has 4 rings (SSSR count). The third kappa shape index (κ3) is 3.07. The van der Waals surface area contributed by atoms with Crippen LogP contribution < -0.4 is 14.8 Å². The Hall–Kier alpha value is -3.40. The van der Waals surface area contributed by atoms with E-state index >= 15 is 0 Å². The Kier molecular flexibility index (Phi) is 4.47. The van der Waals surface area contributed by atoms with Gasteiger partial charge in [-0.2, -0.15) is 10.1 Å². The van der Waals surface area contributed by atoms with Gasteiger partial charge < -0.3 is 9.47 Å². The minimum Gasteiger partial charge on any atom is -0.497 e. The van der Waals surface area contributed by atoms with Gasteiger partial charge in [-0.1, -0.05) is 0 Å². The molecule has 2 N–H and O–H groups in total. The van der Waals surface area contributed by atoms with Crippen LogP contribution in [0.5, 0.6) is 11.5 Å². The Morgan fingerprint density at radius 2 is 2.07 bits per heavy atom. The number of rotatable bonds is 5. The van der Waals surface area contributed by atoms with E-state index in [0.717, 1.165) is 15.9 Å². The normalized spacial score (nSPS) is 11.0. The fourth-order valence-electron chi connectivity index (χ4n) is 2.91. The van der Waals surface area contributed by atoms with Crippen LogP contribution in [0.4, 0.5) is 5.95 Å². The smallest absolute Gasteiger partial charge is 0.268 e. The van der Waals surface area contributed by atoms with Crippen molar-refractivity contribution in [3.63, 3.8) is 0 Å². The average molecular weight is 398 g/mol. The number of fused-ring (bicyclic) bond motifs is 1. The summed E-state index contributed by atoms with van der Waals surface area (Å²) in [7, 11) is 5.01. The number of carbonyl (C=O) groups excluding carboxylic acids is 1. The third-order valence-corrected chi connectivity index (χ3v) is 5.50. The lowest BCUT2D eigenvalue weighted by Gasteiger charge is -2.07. The maximum atomic E-state index is 12.6. The molecule has 0 bridgehead atoms. The molecule has 0 spiro atoms. The van der Waals surface area contributed by atoms with E-state index in [1.807, 2.05) is 26.1 Å². The molecule has 0 unspecified atom stereocenters. The Balaban J connectivity index is 1.57. The van der Waals surface area contributed by atoms with Gasteiger partial charge in [0.1, 0.15) is 16.3 Å². The van der Waals surface area contributed by atoms with Gasteiger partial charge in [-0.25, -0.2) is 0 Å². The maximum Gasteiger partial charge on any atom is 0.268 e. The van der Waals surface area contributed by atoms with E-state index in [2.05, 4.69) is 25.6 Å². The molecule has 0 saturated heterocycles. The standard InChI is InChI=1S/C18H18N6O3S/c1-9-12-8-14(28-17(12)24(2)23-9)16(25)20-18-19-15(21-22-18)11-6-5-10(26-3)7-13(11)27-4/h5-8H,1-4H3,(H2,19,20,21,22,25). The van der Waals surface area contributed by atoms with E-state index in [4.69, 9.17) is 9.47 Å². The van der Waals surface area contributed by atoms with Crippen molar-refractivity contribution in [2.75, 3.05) is 19.5 Å². The first-order chi connectivity index (χ1) is 13.5. The first-order valence-corrected chi connectivity index (χ1v) is 9.21. The van der Waals surface area contributed by atoms with Crippen molar-refractivity contribution in [1.29, 1.82) is 0 Å². The van der Waals surface area contributed by atoms with E-state index in [1.54, 1.807) is 31.0 Å². The van der Waals surface area contributed by atoms with Crippen LogP contribution in [0, 0.1) is 6.92 Å². The second kappa shape index (κ2) is 6.97. The van der Waals surface area contributed by atoms with E-state index in [9.17, 15) is 4.79 Å². The number of methoxy groups -OCH3 is 2. The first-order valence-electron chi connectivity index (χ1n) is 8.39. The molecule has 144 valence electrons. The van der Waals surface area contributed by atoms with Crippen LogP contribution in [0.2, 0.25) is 0 Å². The zero-order chi connectivity index (χ0) is 19.8. The molecular formula is C18H18N6O3S. The zero-order valence-electron chi connectivity index (χ0n) is 15.7. The summed E-state index contributed by atoms with van der Waals surface area (Å²) in [5.74, 6) is 1.65. The number of amides is 1. The van der Waals surface area contributed by atoms with Crippen molar-refractivity contribution in [2.45, 2.75) is 6.92 Å². The highest BCUT2D eigenvalue weighted by Crippen LogP contribution is 2.32. The Morgan fingerprint density at radius 3 is 2.79 bits per heavy atom. The number of hydrogen-bond acceptors (Lipinski definition) is 7. The van der Waals surface area contributed by atoms with Crippen LogP contribution in [0.15, 0.2) is 24.3 Å². The lowest BCUT2D eigenvalue weighted by atomic mass is 10.2. The van der Waals surface area contributed by atoms with Crippen LogP contribution in [0.3, 0.4) is 0 Å². The highest BCUT2D eigenvalue weighted by Gasteiger charge is 2.18. The molecule has 0 fully saturated rings. The molecule has 1 amide bonds. The number of aromatic amines is 1. The van der Waals surface area contributed by atoms with Gasteiger partial charge in [-0.3, -0.25) is 19.9 Å². The summed E-state index contributed by atoms with van der Waals surface area (Å²) in [5, 5.41) is 14.9. The molecule has 10 heteroatoms. The zero-order valence-corrected chi connectivity index (χ0v) is 16.5. The molecule has 28 heavy (non-hydrogen) atoms. The molecular weight excluding hydrogens is 380 g/mol. The number of anilines is 1. The van der Waals surface area contributed by atoms with E-state index < -0.39 is 0 Å². The number of hydrogen-bond donors (Lipinski definition) is 2. The average Bonchev–Trinajstić information content (AvgIpc) is 3.39. The molecule has 9 nitrogen and oxygen atoms in total. The molecule has 3 heterocycles. The summed E-state index contributed by atoms with van der Waals surface area (Å²) in [6.07, 6.45) is 0. The summed E-state index contributed by atoms with van der Waals surface area (Å²) in [6.45, 7) is 1.92. The summed E-state index contributed by atoms with van der Waals surface area (Å²) in [4.78, 5) is 18.5. The fraction of sp³-hybridized carbons (Fsp3) is 0.222. The molecule has 4 aromatic rings. The Labute approximate surface area is 164 Å². The van der Waals surface area contributed by atoms with Gasteiger partial charge in [0.2, 0.25) is 5.95 Å². The lowest BCUT2D eigenvalue weighted by molar-refractivity contribution is 0.103. The summed E-state index contributed by atoms with van der Waals surface area (Å²) in [6, 6.07) is 7.19. The van der Waals surface area contributed by atoms with Crippen molar-refractivity contribution >= 4 is 33.4 Å². The van der Waals surface area contributed by atoms with Crippen LogP contribution >= 0.6 is 11.3 Å². The first kappa shape index (κ1) is 18.0. The topological polar surface area (TPSA) is 107 Å². The van der Waals surface area contributed by atoms with Crippen molar-refractivity contribution in [3.05, 3.63) is 34.8 Å². The predicted molar refractivity (Wildman–Crippen MR) is 106 cm³/mol. The van der Waals surface area contributed by atoms with Crippen LogP contribution in [-0.4, -0.2) is 45.1 Å². The number of carbonyl (C=O) groups is 1. The predicted octanol–water partition coefficient (Wildman–Crippen LogP) is 3.00. The van der Waals surface area contributed by atoms with Crippen LogP contribution in [-0.2, 0) is 7.05 Å². The second-order valence-electron chi connectivity index (χ2n) is 6.07. The molecule has 3 aromatic heterocycles. The quantitative estimate of drug-likeness (QED) is 0.535. The number of aromatic nitrogens is 5. The van der Waals surface area contributed by atoms with Crippen molar-refractivity contribution in [3.8, 4) is 22.9 Å². The summed E-state index contributed by atoms with van der Waals surface area (Å²) in [5.41, 5.74) is 1.60. The van der Waals surface area contributed by atoms with Crippen LogP contribution in [0.1, 0.15) is 15.4 Å². The minimum absolute atomic E-state index is 0.185. The SMILES string of the molecule is COc1ccc(-c2nc(NC(=O)c3cc4c(C)nn(C)c4s3)n[nH]2)c(OC)c1. The molecule has 0 atom stereocenters. The molecule has 0 radical (unpaired) electrons. The monoisotopic (exact) mass is 398 g/mol. The van der Waals surface area contributed by atoms with Gasteiger partial charge >= 0.3 is 0 Å². The number of thiophene rings is 1. The van der Waals surface area contributed by atoms with Gasteiger partial charge in [0.15, 0.2) is 5.82 Å². The number of benzene rings is 1.